The number of para-hydroxylation sites is 1. The van der Waals surface area contributed by atoms with Crippen LogP contribution in [0.4, 0.5) is 16.2 Å². The van der Waals surface area contributed by atoms with E-state index in [0.717, 1.165) is 24.1 Å². The lowest BCUT2D eigenvalue weighted by molar-refractivity contribution is -0.130. The van der Waals surface area contributed by atoms with Crippen molar-refractivity contribution in [1.29, 1.82) is 0 Å². The number of rotatable bonds is 5. The van der Waals surface area contributed by atoms with E-state index in [1.54, 1.807) is 0 Å². The molecule has 6 nitrogen and oxygen atoms in total. The van der Waals surface area contributed by atoms with E-state index in [2.05, 4.69) is 16.0 Å². The predicted octanol–water partition coefficient (Wildman–Crippen LogP) is 3.69. The summed E-state index contributed by atoms with van der Waals surface area (Å²) in [6, 6.07) is 16.2. The number of hydrogen-bond donors (Lipinski definition) is 3. The van der Waals surface area contributed by atoms with E-state index in [1.165, 1.54) is 0 Å². The quantitative estimate of drug-likeness (QED) is 0.767. The number of carbonyl (C=O) groups is 2. The van der Waals surface area contributed by atoms with Crippen LogP contribution in [-0.2, 0) is 9.53 Å². The maximum atomic E-state index is 12.1. The third kappa shape index (κ3) is 4.83. The van der Waals surface area contributed by atoms with Crippen LogP contribution in [0.3, 0.4) is 0 Å². The van der Waals surface area contributed by atoms with Gasteiger partial charge in [-0.05, 0) is 49.6 Å². The smallest absolute Gasteiger partial charge is 0.323 e. The minimum atomic E-state index is -0.333. The van der Waals surface area contributed by atoms with E-state index in [4.69, 9.17) is 4.74 Å². The normalized spacial score (nSPS) is 17.3. The van der Waals surface area contributed by atoms with Gasteiger partial charge in [-0.25, -0.2) is 4.79 Å². The molecule has 2 aromatic rings. The van der Waals surface area contributed by atoms with Gasteiger partial charge in [-0.1, -0.05) is 30.3 Å². The highest BCUT2D eigenvalue weighted by molar-refractivity contribution is 5.99. The van der Waals surface area contributed by atoms with Crippen LogP contribution in [-0.4, -0.2) is 24.6 Å². The Morgan fingerprint density at radius 3 is 2.27 bits per heavy atom. The van der Waals surface area contributed by atoms with E-state index >= 15 is 0 Å². The van der Waals surface area contributed by atoms with Gasteiger partial charge in [-0.2, -0.15) is 0 Å². The fourth-order valence-electron chi connectivity index (χ4n) is 2.84. The Kier molecular flexibility index (Phi) is 5.86. The highest BCUT2D eigenvalue weighted by atomic mass is 16.5. The van der Waals surface area contributed by atoms with Gasteiger partial charge < -0.3 is 20.7 Å². The zero-order valence-corrected chi connectivity index (χ0v) is 14.7. The molecule has 0 bridgehead atoms. The molecule has 6 heteroatoms. The molecule has 3 rings (SSSR count). The van der Waals surface area contributed by atoms with Crippen LogP contribution < -0.4 is 16.0 Å². The van der Waals surface area contributed by atoms with E-state index in [-0.39, 0.29) is 24.1 Å². The maximum absolute atomic E-state index is 12.1. The zero-order chi connectivity index (χ0) is 18.4. The van der Waals surface area contributed by atoms with E-state index in [0.29, 0.717) is 12.3 Å². The van der Waals surface area contributed by atoms with Gasteiger partial charge in [0.2, 0.25) is 5.91 Å². The average Bonchev–Trinajstić information content (AvgIpc) is 3.18. The van der Waals surface area contributed by atoms with Gasteiger partial charge in [0.15, 0.2) is 0 Å². The molecule has 26 heavy (non-hydrogen) atoms. The van der Waals surface area contributed by atoms with Crippen LogP contribution in [0.5, 0.6) is 0 Å². The first-order valence-corrected chi connectivity index (χ1v) is 8.77. The second-order valence-electron chi connectivity index (χ2n) is 6.30. The maximum Gasteiger partial charge on any atom is 0.323 e. The monoisotopic (exact) mass is 353 g/mol. The number of amides is 3. The summed E-state index contributed by atoms with van der Waals surface area (Å²) in [5.41, 5.74) is 2.37. The number of benzene rings is 2. The van der Waals surface area contributed by atoms with E-state index in [1.807, 2.05) is 61.5 Å². The van der Waals surface area contributed by atoms with Gasteiger partial charge in [0.25, 0.3) is 0 Å². The van der Waals surface area contributed by atoms with Crippen LogP contribution in [0.2, 0.25) is 0 Å². The topological polar surface area (TPSA) is 79.5 Å². The van der Waals surface area contributed by atoms with Crippen molar-refractivity contribution in [3.63, 3.8) is 0 Å². The molecule has 136 valence electrons. The Morgan fingerprint density at radius 2 is 1.65 bits per heavy atom. The van der Waals surface area contributed by atoms with Crippen molar-refractivity contribution in [2.45, 2.75) is 31.9 Å². The highest BCUT2D eigenvalue weighted by Crippen LogP contribution is 2.18. The largest absolute Gasteiger partial charge is 0.368 e. The van der Waals surface area contributed by atoms with Crippen LogP contribution in [0.1, 0.15) is 31.4 Å². The molecule has 0 spiro atoms. The van der Waals surface area contributed by atoms with Crippen molar-refractivity contribution in [1.82, 2.24) is 5.32 Å². The SMILES string of the molecule is C[C@@H](NC(=O)[C@H]1CCCO1)c1ccc(NC(=O)Nc2ccccc2)cc1. The second-order valence-corrected chi connectivity index (χ2v) is 6.30. The molecule has 0 aliphatic carbocycles. The molecule has 1 saturated heterocycles. The molecule has 2 atom stereocenters. The van der Waals surface area contributed by atoms with Gasteiger partial charge in [-0.15, -0.1) is 0 Å². The third-order valence-electron chi connectivity index (χ3n) is 4.28. The zero-order valence-electron chi connectivity index (χ0n) is 14.7. The van der Waals surface area contributed by atoms with Crippen molar-refractivity contribution >= 4 is 23.3 Å². The van der Waals surface area contributed by atoms with Crippen LogP contribution in [0, 0.1) is 0 Å². The number of anilines is 2. The molecule has 1 heterocycles. The summed E-state index contributed by atoms with van der Waals surface area (Å²) in [7, 11) is 0. The standard InChI is InChI=1S/C20H23N3O3/c1-14(21-19(24)18-8-5-13-26-18)15-9-11-17(12-10-15)23-20(25)22-16-6-3-2-4-7-16/h2-4,6-7,9-12,14,18H,5,8,13H2,1H3,(H,21,24)(H2,22,23,25)/t14-,18-/m1/s1. The molecule has 0 aromatic heterocycles. The Hall–Kier alpha value is -2.86. The lowest BCUT2D eigenvalue weighted by atomic mass is 10.1. The Labute approximate surface area is 152 Å². The molecule has 1 fully saturated rings. The van der Waals surface area contributed by atoms with Crippen LogP contribution in [0.15, 0.2) is 54.6 Å². The molecule has 3 amide bonds. The molecule has 0 unspecified atom stereocenters. The van der Waals surface area contributed by atoms with E-state index in [9.17, 15) is 9.59 Å². The summed E-state index contributed by atoms with van der Waals surface area (Å²) in [6.07, 6.45) is 1.37. The second kappa shape index (κ2) is 8.49. The van der Waals surface area contributed by atoms with Crippen molar-refractivity contribution < 1.29 is 14.3 Å². The fourth-order valence-corrected chi connectivity index (χ4v) is 2.84. The summed E-state index contributed by atoms with van der Waals surface area (Å²) >= 11 is 0. The summed E-state index contributed by atoms with van der Waals surface area (Å²) < 4.78 is 5.40. The lowest BCUT2D eigenvalue weighted by Crippen LogP contribution is -2.35. The van der Waals surface area contributed by atoms with Crippen LogP contribution in [0.25, 0.3) is 0 Å². The summed E-state index contributed by atoms with van der Waals surface area (Å²) in [4.78, 5) is 24.1. The van der Waals surface area contributed by atoms with Gasteiger partial charge in [-0.3, -0.25) is 4.79 Å². The van der Waals surface area contributed by atoms with Crippen molar-refractivity contribution in [3.8, 4) is 0 Å². The Bertz CT molecular complexity index is 741. The molecule has 0 radical (unpaired) electrons. The van der Waals surface area contributed by atoms with Gasteiger partial charge in [0, 0.05) is 18.0 Å². The average molecular weight is 353 g/mol. The lowest BCUT2D eigenvalue weighted by Gasteiger charge is -2.17. The van der Waals surface area contributed by atoms with Crippen molar-refractivity contribution in [2.75, 3.05) is 17.2 Å². The van der Waals surface area contributed by atoms with Gasteiger partial charge in [0.1, 0.15) is 6.10 Å². The minimum absolute atomic E-state index is 0.0700. The van der Waals surface area contributed by atoms with E-state index < -0.39 is 0 Å². The number of hydrogen-bond acceptors (Lipinski definition) is 3. The number of ether oxygens (including phenoxy) is 1. The molecule has 3 N–H and O–H groups in total. The minimum Gasteiger partial charge on any atom is -0.368 e. The molecular weight excluding hydrogens is 330 g/mol. The van der Waals surface area contributed by atoms with Crippen molar-refractivity contribution in [2.24, 2.45) is 0 Å². The van der Waals surface area contributed by atoms with Gasteiger partial charge >= 0.3 is 6.03 Å². The fraction of sp³-hybridized carbons (Fsp3) is 0.300. The Balaban J connectivity index is 1.52. The Morgan fingerprint density at radius 1 is 1.00 bits per heavy atom. The van der Waals surface area contributed by atoms with Crippen molar-refractivity contribution in [3.05, 3.63) is 60.2 Å². The molecular formula is C20H23N3O3. The first kappa shape index (κ1) is 17.9. The highest BCUT2D eigenvalue weighted by Gasteiger charge is 2.24. The first-order chi connectivity index (χ1) is 12.6. The summed E-state index contributed by atoms with van der Waals surface area (Å²) in [5, 5.41) is 8.52. The number of urea groups is 1. The third-order valence-corrected chi connectivity index (χ3v) is 4.28. The van der Waals surface area contributed by atoms with Crippen LogP contribution >= 0.6 is 0 Å². The summed E-state index contributed by atoms with van der Waals surface area (Å²) in [6.45, 7) is 2.58. The summed E-state index contributed by atoms with van der Waals surface area (Å²) in [5.74, 6) is -0.0700. The number of carbonyl (C=O) groups excluding carboxylic acids is 2. The molecule has 1 aliphatic rings. The predicted molar refractivity (Wildman–Crippen MR) is 101 cm³/mol. The number of nitrogens with one attached hydrogen (secondary N) is 3. The first-order valence-electron chi connectivity index (χ1n) is 8.77. The van der Waals surface area contributed by atoms with Gasteiger partial charge in [0.05, 0.1) is 6.04 Å². The molecule has 1 aliphatic heterocycles. The molecule has 0 saturated carbocycles. The molecule has 2 aromatic carbocycles.